The van der Waals surface area contributed by atoms with Gasteiger partial charge in [0.25, 0.3) is 0 Å². The summed E-state index contributed by atoms with van der Waals surface area (Å²) in [5, 5.41) is 7.08. The van der Waals surface area contributed by atoms with Crippen LogP contribution in [-0.2, 0) is 31.0 Å². The summed E-state index contributed by atoms with van der Waals surface area (Å²) in [7, 11) is 1.77. The second kappa shape index (κ2) is 8.46. The molecule has 0 bridgehead atoms. The van der Waals surface area contributed by atoms with Crippen molar-refractivity contribution in [2.75, 3.05) is 0 Å². The highest BCUT2D eigenvalue weighted by Gasteiger charge is 2.29. The molecule has 0 unspecified atom stereocenters. The highest BCUT2D eigenvalue weighted by Crippen LogP contribution is 2.29. The topological polar surface area (TPSA) is 46.9 Å². The van der Waals surface area contributed by atoms with Crippen LogP contribution in [-0.4, -0.2) is 15.7 Å². The van der Waals surface area contributed by atoms with E-state index in [0.717, 1.165) is 23.3 Å². The van der Waals surface area contributed by atoms with E-state index in [0.29, 0.717) is 17.7 Å². The molecule has 0 saturated heterocycles. The van der Waals surface area contributed by atoms with Crippen molar-refractivity contribution in [1.29, 1.82) is 0 Å². The quantitative estimate of drug-likeness (QED) is 0.614. The lowest BCUT2D eigenvalue weighted by atomic mass is 10.0. The van der Waals surface area contributed by atoms with E-state index in [1.807, 2.05) is 6.20 Å². The van der Waals surface area contributed by atoms with Crippen LogP contribution < -0.4 is 5.32 Å². The molecule has 1 amide bonds. The fourth-order valence-electron chi connectivity index (χ4n) is 2.92. The van der Waals surface area contributed by atoms with Gasteiger partial charge in [0, 0.05) is 31.8 Å². The Morgan fingerprint density at radius 1 is 1.07 bits per heavy atom. The van der Waals surface area contributed by atoms with Gasteiger partial charge in [-0.2, -0.15) is 18.3 Å². The lowest BCUT2D eigenvalue weighted by Crippen LogP contribution is -2.23. The van der Waals surface area contributed by atoms with Gasteiger partial charge in [0.15, 0.2) is 0 Å². The van der Waals surface area contributed by atoms with E-state index in [1.54, 1.807) is 23.9 Å². The number of amides is 1. The van der Waals surface area contributed by atoms with E-state index in [-0.39, 0.29) is 24.7 Å². The third-order valence-corrected chi connectivity index (χ3v) is 4.41. The Morgan fingerprint density at radius 2 is 1.72 bits per heavy atom. The molecule has 0 spiro atoms. The van der Waals surface area contributed by atoms with Crippen molar-refractivity contribution in [1.82, 2.24) is 15.1 Å². The number of carbonyl (C=O) groups excluding carboxylic acids is 1. The molecule has 3 aromatic rings. The molecule has 0 aliphatic rings. The molecule has 1 N–H and O–H groups in total. The second-order valence-corrected chi connectivity index (χ2v) is 6.65. The van der Waals surface area contributed by atoms with E-state index in [9.17, 15) is 22.4 Å². The highest BCUT2D eigenvalue weighted by atomic mass is 19.4. The SMILES string of the molecule is Cn1cc(CCC(=O)NCc2ccc(C(F)(F)F)cc2)c(-c2ccc(F)cc2)n1. The largest absolute Gasteiger partial charge is 0.416 e. The van der Waals surface area contributed by atoms with Crippen LogP contribution in [0.15, 0.2) is 54.7 Å². The molecule has 2 aromatic carbocycles. The number of rotatable bonds is 6. The number of alkyl halides is 3. The number of aromatic nitrogens is 2. The predicted molar refractivity (Wildman–Crippen MR) is 100 cm³/mol. The average molecular weight is 405 g/mol. The maximum atomic E-state index is 13.1. The first-order valence-electron chi connectivity index (χ1n) is 8.93. The molecule has 0 fully saturated rings. The van der Waals surface area contributed by atoms with Gasteiger partial charge >= 0.3 is 6.18 Å². The van der Waals surface area contributed by atoms with Gasteiger partial charge < -0.3 is 5.32 Å². The highest BCUT2D eigenvalue weighted by molar-refractivity contribution is 5.76. The minimum Gasteiger partial charge on any atom is -0.352 e. The summed E-state index contributed by atoms with van der Waals surface area (Å²) in [6.45, 7) is 0.148. The Labute approximate surface area is 165 Å². The summed E-state index contributed by atoms with van der Waals surface area (Å²) in [5.41, 5.74) is 2.15. The van der Waals surface area contributed by atoms with Gasteiger partial charge in [-0.25, -0.2) is 4.39 Å². The summed E-state index contributed by atoms with van der Waals surface area (Å²) in [6, 6.07) is 10.6. The van der Waals surface area contributed by atoms with Crippen molar-refractivity contribution in [3.8, 4) is 11.3 Å². The van der Waals surface area contributed by atoms with Gasteiger partial charge in [-0.1, -0.05) is 12.1 Å². The zero-order chi connectivity index (χ0) is 21.0. The van der Waals surface area contributed by atoms with E-state index >= 15 is 0 Å². The van der Waals surface area contributed by atoms with Crippen molar-refractivity contribution in [2.45, 2.75) is 25.6 Å². The molecule has 0 aliphatic carbocycles. The van der Waals surface area contributed by atoms with Crippen molar-refractivity contribution < 1.29 is 22.4 Å². The Kier molecular flexibility index (Phi) is 6.00. The number of hydrogen-bond acceptors (Lipinski definition) is 2. The van der Waals surface area contributed by atoms with Crippen molar-refractivity contribution in [3.05, 3.63) is 77.2 Å². The lowest BCUT2D eigenvalue weighted by Gasteiger charge is -2.09. The number of nitrogens with zero attached hydrogens (tertiary/aromatic N) is 2. The van der Waals surface area contributed by atoms with E-state index in [1.165, 1.54) is 24.3 Å². The zero-order valence-electron chi connectivity index (χ0n) is 15.6. The maximum Gasteiger partial charge on any atom is 0.416 e. The molecule has 152 valence electrons. The van der Waals surface area contributed by atoms with Gasteiger partial charge in [-0.15, -0.1) is 0 Å². The molecule has 3 rings (SSSR count). The summed E-state index contributed by atoms with van der Waals surface area (Å²) in [4.78, 5) is 12.1. The first kappa shape index (κ1) is 20.6. The van der Waals surface area contributed by atoms with Crippen molar-refractivity contribution >= 4 is 5.91 Å². The molecule has 29 heavy (non-hydrogen) atoms. The summed E-state index contributed by atoms with van der Waals surface area (Å²) < 4.78 is 52.5. The Hall–Kier alpha value is -3.16. The minimum absolute atomic E-state index is 0.148. The van der Waals surface area contributed by atoms with Gasteiger partial charge in [0.1, 0.15) is 5.82 Å². The maximum absolute atomic E-state index is 13.1. The number of nitrogens with one attached hydrogen (secondary N) is 1. The minimum atomic E-state index is -4.38. The molecule has 0 atom stereocenters. The van der Waals surface area contributed by atoms with Gasteiger partial charge in [-0.3, -0.25) is 9.48 Å². The molecule has 0 radical (unpaired) electrons. The van der Waals surface area contributed by atoms with Crippen LogP contribution in [0.4, 0.5) is 17.6 Å². The Bertz CT molecular complexity index is 977. The lowest BCUT2D eigenvalue weighted by molar-refractivity contribution is -0.137. The molecule has 1 aromatic heterocycles. The molecular weight excluding hydrogens is 386 g/mol. The van der Waals surface area contributed by atoms with Crippen LogP contribution in [0.1, 0.15) is 23.1 Å². The molecule has 1 heterocycles. The van der Waals surface area contributed by atoms with Crippen LogP contribution in [0.3, 0.4) is 0 Å². The average Bonchev–Trinajstić information content (AvgIpc) is 3.05. The summed E-state index contributed by atoms with van der Waals surface area (Å²) in [6.07, 6.45) is -1.95. The normalized spacial score (nSPS) is 11.5. The number of carbonyl (C=O) groups is 1. The van der Waals surface area contributed by atoms with E-state index in [4.69, 9.17) is 0 Å². The third-order valence-electron chi connectivity index (χ3n) is 4.41. The van der Waals surface area contributed by atoms with Crippen molar-refractivity contribution in [2.24, 2.45) is 7.05 Å². The zero-order valence-corrected chi connectivity index (χ0v) is 15.6. The first-order valence-corrected chi connectivity index (χ1v) is 8.93. The van der Waals surface area contributed by atoms with Gasteiger partial charge in [0.2, 0.25) is 5.91 Å². The van der Waals surface area contributed by atoms with Crippen LogP contribution in [0, 0.1) is 5.82 Å². The molecule has 8 heteroatoms. The number of aryl methyl sites for hydroxylation is 2. The fourth-order valence-corrected chi connectivity index (χ4v) is 2.92. The summed E-state index contributed by atoms with van der Waals surface area (Å²) >= 11 is 0. The third kappa shape index (κ3) is 5.43. The number of benzene rings is 2. The molecular formula is C21H19F4N3O. The summed E-state index contributed by atoms with van der Waals surface area (Å²) in [5.74, 6) is -0.562. The van der Waals surface area contributed by atoms with Gasteiger partial charge in [-0.05, 0) is 53.9 Å². The van der Waals surface area contributed by atoms with Crippen LogP contribution in [0.5, 0.6) is 0 Å². The second-order valence-electron chi connectivity index (χ2n) is 6.65. The van der Waals surface area contributed by atoms with Crippen LogP contribution >= 0.6 is 0 Å². The van der Waals surface area contributed by atoms with E-state index < -0.39 is 11.7 Å². The van der Waals surface area contributed by atoms with Gasteiger partial charge in [0.05, 0.1) is 11.3 Å². The number of halogens is 4. The number of hydrogen-bond donors (Lipinski definition) is 1. The van der Waals surface area contributed by atoms with E-state index in [2.05, 4.69) is 10.4 Å². The smallest absolute Gasteiger partial charge is 0.352 e. The van der Waals surface area contributed by atoms with Crippen LogP contribution in [0.25, 0.3) is 11.3 Å². The van der Waals surface area contributed by atoms with Crippen molar-refractivity contribution in [3.63, 3.8) is 0 Å². The standard InChI is InChI=1S/C21H19F4N3O/c1-28-13-16(20(27-28)15-4-9-18(22)10-5-15)6-11-19(29)26-12-14-2-7-17(8-3-14)21(23,24)25/h2-5,7-10,13H,6,11-12H2,1H3,(H,26,29). The first-order chi connectivity index (χ1) is 13.7. The molecule has 0 aliphatic heterocycles. The van der Waals surface area contributed by atoms with Crippen LogP contribution in [0.2, 0.25) is 0 Å². The molecule has 4 nitrogen and oxygen atoms in total. The predicted octanol–water partition coefficient (Wildman–Crippen LogP) is 4.49. The monoisotopic (exact) mass is 405 g/mol. The molecule has 0 saturated carbocycles. The Morgan fingerprint density at radius 3 is 2.34 bits per heavy atom. The Balaban J connectivity index is 1.57. The fraction of sp³-hybridized carbons (Fsp3) is 0.238.